The second-order valence-corrected chi connectivity index (χ2v) is 11.1. The average Bonchev–Trinajstić information content (AvgIpc) is 2.14. The molecule has 0 unspecified atom stereocenters. The largest absolute Gasteiger partial charge is 0.543 e. The zero-order valence-corrected chi connectivity index (χ0v) is 13.7. The molecule has 1 aromatic carbocycles. The third-order valence-electron chi connectivity index (χ3n) is 3.26. The van der Waals surface area contributed by atoms with Gasteiger partial charge in [0.2, 0.25) is 8.32 Å². The van der Waals surface area contributed by atoms with Gasteiger partial charge in [-0.05, 0) is 35.8 Å². The molecule has 1 rings (SSSR count). The molecule has 0 aromatic heterocycles. The Morgan fingerprint density at radius 2 is 1.82 bits per heavy atom. The summed E-state index contributed by atoms with van der Waals surface area (Å²) in [5.41, 5.74) is 0.902. The molecule has 0 spiro atoms. The minimum absolute atomic E-state index is 0.119. The van der Waals surface area contributed by atoms with Crippen LogP contribution in [0.2, 0.25) is 18.1 Å². The van der Waals surface area contributed by atoms with Crippen LogP contribution in [0.5, 0.6) is 5.75 Å². The summed E-state index contributed by atoms with van der Waals surface area (Å²) in [6.45, 7) is 10.8. The summed E-state index contributed by atoms with van der Waals surface area (Å²) in [5.74, 6) is 0.404. The van der Waals surface area contributed by atoms with E-state index in [9.17, 15) is 4.39 Å². The van der Waals surface area contributed by atoms with Crippen molar-refractivity contribution in [2.75, 3.05) is 0 Å². The number of hydrogen-bond acceptors (Lipinski definition) is 1. The molecular formula is C13H20BrFOSi. The Labute approximate surface area is 113 Å². The summed E-state index contributed by atoms with van der Waals surface area (Å²) in [6, 6.07) is 4.89. The first-order valence-electron chi connectivity index (χ1n) is 5.70. The van der Waals surface area contributed by atoms with E-state index in [-0.39, 0.29) is 10.9 Å². The predicted molar refractivity (Wildman–Crippen MR) is 76.9 cm³/mol. The number of rotatable bonds is 3. The Balaban J connectivity index is 2.99. The van der Waals surface area contributed by atoms with E-state index in [0.717, 1.165) is 5.56 Å². The SMILES string of the molecule is CC(C)(C)[Si](C)(C)Oc1cc(F)cc(CBr)c1. The van der Waals surface area contributed by atoms with Gasteiger partial charge < -0.3 is 4.43 Å². The molecule has 0 heterocycles. The summed E-state index contributed by atoms with van der Waals surface area (Å²) in [4.78, 5) is 0. The molecule has 0 N–H and O–H groups in total. The summed E-state index contributed by atoms with van der Waals surface area (Å²) in [7, 11) is -1.89. The van der Waals surface area contributed by atoms with Gasteiger partial charge in [-0.2, -0.15) is 0 Å². The molecule has 0 bridgehead atoms. The highest BCUT2D eigenvalue weighted by Crippen LogP contribution is 2.37. The average molecular weight is 319 g/mol. The normalized spacial score (nSPS) is 12.6. The molecule has 0 aliphatic heterocycles. The smallest absolute Gasteiger partial charge is 0.250 e. The molecule has 0 atom stereocenters. The monoisotopic (exact) mass is 318 g/mol. The highest BCUT2D eigenvalue weighted by Gasteiger charge is 2.39. The van der Waals surface area contributed by atoms with E-state index < -0.39 is 8.32 Å². The van der Waals surface area contributed by atoms with Gasteiger partial charge in [-0.3, -0.25) is 0 Å². The van der Waals surface area contributed by atoms with Crippen LogP contribution in [-0.2, 0) is 5.33 Å². The Hall–Kier alpha value is -0.353. The topological polar surface area (TPSA) is 9.23 Å². The second-order valence-electron chi connectivity index (χ2n) is 5.79. The Kier molecular flexibility index (Phi) is 4.41. The van der Waals surface area contributed by atoms with Crippen LogP contribution in [0, 0.1) is 5.82 Å². The molecule has 0 saturated heterocycles. The zero-order chi connectivity index (χ0) is 13.3. The van der Waals surface area contributed by atoms with Gasteiger partial charge in [0.15, 0.2) is 0 Å². The van der Waals surface area contributed by atoms with Crippen LogP contribution in [0.1, 0.15) is 26.3 Å². The molecule has 1 nitrogen and oxygen atoms in total. The fourth-order valence-electron chi connectivity index (χ4n) is 1.20. The van der Waals surface area contributed by atoms with Crippen molar-refractivity contribution in [1.82, 2.24) is 0 Å². The van der Waals surface area contributed by atoms with Crippen molar-refractivity contribution in [3.63, 3.8) is 0 Å². The van der Waals surface area contributed by atoms with Gasteiger partial charge in [0.25, 0.3) is 0 Å². The van der Waals surface area contributed by atoms with Crippen molar-refractivity contribution in [1.29, 1.82) is 0 Å². The van der Waals surface area contributed by atoms with Gasteiger partial charge in [-0.25, -0.2) is 4.39 Å². The first kappa shape index (κ1) is 14.7. The van der Waals surface area contributed by atoms with E-state index in [1.54, 1.807) is 0 Å². The minimum Gasteiger partial charge on any atom is -0.543 e. The molecule has 17 heavy (non-hydrogen) atoms. The first-order chi connectivity index (χ1) is 7.65. The number of benzene rings is 1. The fourth-order valence-corrected chi connectivity index (χ4v) is 2.54. The third kappa shape index (κ3) is 3.81. The van der Waals surface area contributed by atoms with E-state index in [0.29, 0.717) is 11.1 Å². The molecule has 0 aliphatic carbocycles. The molecule has 1 aromatic rings. The minimum atomic E-state index is -1.89. The van der Waals surface area contributed by atoms with E-state index >= 15 is 0 Å². The molecule has 0 radical (unpaired) electrons. The van der Waals surface area contributed by atoms with Gasteiger partial charge >= 0.3 is 0 Å². The highest BCUT2D eigenvalue weighted by atomic mass is 79.9. The van der Waals surface area contributed by atoms with Crippen molar-refractivity contribution >= 4 is 24.2 Å². The fraction of sp³-hybridized carbons (Fsp3) is 0.538. The molecular weight excluding hydrogens is 299 g/mol. The lowest BCUT2D eigenvalue weighted by molar-refractivity contribution is 0.486. The third-order valence-corrected chi connectivity index (χ3v) is 8.27. The van der Waals surface area contributed by atoms with Gasteiger partial charge in [0, 0.05) is 11.4 Å². The van der Waals surface area contributed by atoms with Crippen molar-refractivity contribution < 1.29 is 8.82 Å². The van der Waals surface area contributed by atoms with Crippen molar-refractivity contribution in [2.24, 2.45) is 0 Å². The standard InChI is InChI=1S/C13H20BrFOSi/c1-13(2,3)17(4,5)16-12-7-10(9-14)6-11(15)8-12/h6-8H,9H2,1-5H3. The molecule has 0 aliphatic rings. The van der Waals surface area contributed by atoms with Crippen molar-refractivity contribution in [2.45, 2.75) is 44.2 Å². The summed E-state index contributed by atoms with van der Waals surface area (Å²) in [5, 5.41) is 0.756. The van der Waals surface area contributed by atoms with Crippen LogP contribution in [0.3, 0.4) is 0 Å². The quantitative estimate of drug-likeness (QED) is 0.556. The molecule has 4 heteroatoms. The maximum Gasteiger partial charge on any atom is 0.250 e. The molecule has 0 amide bonds. The Morgan fingerprint density at radius 3 is 2.29 bits per heavy atom. The highest BCUT2D eigenvalue weighted by molar-refractivity contribution is 9.08. The molecule has 96 valence electrons. The molecule has 0 saturated carbocycles. The van der Waals surface area contributed by atoms with Gasteiger partial charge in [0.05, 0.1) is 0 Å². The van der Waals surface area contributed by atoms with Crippen molar-refractivity contribution in [3.8, 4) is 5.75 Å². The van der Waals surface area contributed by atoms with Crippen LogP contribution in [-0.4, -0.2) is 8.32 Å². The van der Waals surface area contributed by atoms with Crippen molar-refractivity contribution in [3.05, 3.63) is 29.6 Å². The lowest BCUT2D eigenvalue weighted by Crippen LogP contribution is -2.43. The number of hydrogen-bond donors (Lipinski definition) is 0. The van der Waals surface area contributed by atoms with Crippen LogP contribution in [0.4, 0.5) is 4.39 Å². The summed E-state index contributed by atoms with van der Waals surface area (Å²) >= 11 is 3.33. The van der Waals surface area contributed by atoms with E-state index in [2.05, 4.69) is 49.8 Å². The van der Waals surface area contributed by atoms with E-state index in [1.807, 2.05) is 6.07 Å². The predicted octanol–water partition coefficient (Wildman–Crippen LogP) is 5.10. The maximum atomic E-state index is 13.4. The van der Waals surface area contributed by atoms with E-state index in [4.69, 9.17) is 4.43 Å². The first-order valence-corrected chi connectivity index (χ1v) is 9.73. The maximum absolute atomic E-state index is 13.4. The second kappa shape index (κ2) is 5.10. The van der Waals surface area contributed by atoms with Gasteiger partial charge in [-0.1, -0.05) is 36.7 Å². The summed E-state index contributed by atoms with van der Waals surface area (Å²) in [6.07, 6.45) is 0. The lowest BCUT2D eigenvalue weighted by atomic mass is 10.2. The van der Waals surface area contributed by atoms with Crippen LogP contribution in [0.15, 0.2) is 18.2 Å². The van der Waals surface area contributed by atoms with Crippen LogP contribution < -0.4 is 4.43 Å². The van der Waals surface area contributed by atoms with E-state index in [1.165, 1.54) is 12.1 Å². The Bertz CT molecular complexity index is 399. The van der Waals surface area contributed by atoms with Gasteiger partial charge in [-0.15, -0.1) is 0 Å². The number of halogens is 2. The number of alkyl halides is 1. The summed E-state index contributed by atoms with van der Waals surface area (Å²) < 4.78 is 19.5. The zero-order valence-electron chi connectivity index (χ0n) is 11.1. The van der Waals surface area contributed by atoms with Crippen LogP contribution >= 0.6 is 15.9 Å². The van der Waals surface area contributed by atoms with Gasteiger partial charge in [0.1, 0.15) is 11.6 Å². The Morgan fingerprint density at radius 1 is 1.24 bits per heavy atom. The lowest BCUT2D eigenvalue weighted by Gasteiger charge is -2.36. The van der Waals surface area contributed by atoms with Crippen LogP contribution in [0.25, 0.3) is 0 Å². The molecule has 0 fully saturated rings.